The van der Waals surface area contributed by atoms with E-state index in [0.717, 1.165) is 0 Å². The Bertz CT molecular complexity index is 468. The van der Waals surface area contributed by atoms with Gasteiger partial charge in [-0.3, -0.25) is 14.9 Å². The minimum Gasteiger partial charge on any atom is -0.296 e. The number of rotatable bonds is 1. The Morgan fingerprint density at radius 3 is 2.47 bits per heavy atom. The van der Waals surface area contributed by atoms with E-state index in [0.29, 0.717) is 6.42 Å². The van der Waals surface area contributed by atoms with Gasteiger partial charge >= 0.3 is 0 Å². The number of nitrogens with one attached hydrogen (secondary N) is 1. The van der Waals surface area contributed by atoms with Crippen LogP contribution in [0.2, 0.25) is 0 Å². The maximum absolute atomic E-state index is 11.9. The summed E-state index contributed by atoms with van der Waals surface area (Å²) in [5.41, 5.74) is -0.660. The van der Waals surface area contributed by atoms with Gasteiger partial charge in [-0.25, -0.2) is 8.42 Å². The first-order valence-electron chi connectivity index (χ1n) is 5.80. The van der Waals surface area contributed by atoms with Crippen LogP contribution in [0.4, 0.5) is 0 Å². The standard InChI is InChI=1S/C11H17NO4S/c1-7(2)9-10(14)12-8(13)5-11(9)3-4-17(15,16)6-11/h7,9H,3-6H2,1-2H3,(H,12,13,14). The Kier molecular flexibility index (Phi) is 2.80. The summed E-state index contributed by atoms with van der Waals surface area (Å²) in [6.45, 7) is 3.79. The molecule has 0 aromatic carbocycles. The largest absolute Gasteiger partial charge is 0.296 e. The molecule has 2 amide bonds. The number of carbonyl (C=O) groups excluding carboxylic acids is 2. The Morgan fingerprint density at radius 2 is 2.00 bits per heavy atom. The molecule has 2 saturated heterocycles. The molecule has 1 spiro atoms. The number of amides is 2. The van der Waals surface area contributed by atoms with Crippen molar-refractivity contribution in [3.8, 4) is 0 Å². The van der Waals surface area contributed by atoms with Crippen LogP contribution in [-0.2, 0) is 19.4 Å². The van der Waals surface area contributed by atoms with Crippen LogP contribution in [0.1, 0.15) is 26.7 Å². The summed E-state index contributed by atoms with van der Waals surface area (Å²) < 4.78 is 23.3. The van der Waals surface area contributed by atoms with Crippen molar-refractivity contribution < 1.29 is 18.0 Å². The molecule has 2 heterocycles. The first kappa shape index (κ1) is 12.5. The molecule has 0 bridgehead atoms. The number of sulfone groups is 1. The number of carbonyl (C=O) groups is 2. The highest BCUT2D eigenvalue weighted by Gasteiger charge is 2.55. The monoisotopic (exact) mass is 259 g/mol. The van der Waals surface area contributed by atoms with Gasteiger partial charge < -0.3 is 0 Å². The minimum atomic E-state index is -3.10. The Morgan fingerprint density at radius 1 is 1.35 bits per heavy atom. The zero-order valence-electron chi connectivity index (χ0n) is 10.0. The first-order chi connectivity index (χ1) is 7.76. The average molecular weight is 259 g/mol. The van der Waals surface area contributed by atoms with Crippen molar-refractivity contribution in [3.05, 3.63) is 0 Å². The van der Waals surface area contributed by atoms with Gasteiger partial charge in [-0.05, 0) is 12.3 Å². The molecule has 5 nitrogen and oxygen atoms in total. The van der Waals surface area contributed by atoms with Crippen molar-refractivity contribution in [2.45, 2.75) is 26.7 Å². The predicted octanol–water partition coefficient (Wildman–Crippen LogP) is 0.110. The van der Waals surface area contributed by atoms with Gasteiger partial charge in [0.25, 0.3) is 0 Å². The normalized spacial score (nSPS) is 36.5. The summed E-state index contributed by atoms with van der Waals surface area (Å²) in [6.07, 6.45) is 0.582. The number of piperidine rings is 1. The van der Waals surface area contributed by atoms with E-state index in [1.54, 1.807) is 0 Å². The van der Waals surface area contributed by atoms with E-state index in [-0.39, 0.29) is 41.6 Å². The molecule has 1 N–H and O–H groups in total. The lowest BCUT2D eigenvalue weighted by molar-refractivity contribution is -0.144. The van der Waals surface area contributed by atoms with Crippen molar-refractivity contribution in [1.29, 1.82) is 0 Å². The molecule has 0 radical (unpaired) electrons. The van der Waals surface area contributed by atoms with Gasteiger partial charge in [0.15, 0.2) is 9.84 Å². The third-order valence-corrected chi connectivity index (χ3v) is 5.64. The second kappa shape index (κ2) is 3.80. The van der Waals surface area contributed by atoms with Gasteiger partial charge in [-0.15, -0.1) is 0 Å². The number of hydrogen-bond acceptors (Lipinski definition) is 4. The van der Waals surface area contributed by atoms with Crippen molar-refractivity contribution in [2.24, 2.45) is 17.3 Å². The molecule has 0 saturated carbocycles. The van der Waals surface area contributed by atoms with Gasteiger partial charge in [0.1, 0.15) is 0 Å². The molecule has 17 heavy (non-hydrogen) atoms. The molecule has 2 rings (SSSR count). The van der Waals surface area contributed by atoms with Crippen molar-refractivity contribution in [3.63, 3.8) is 0 Å². The fourth-order valence-electron chi connectivity index (χ4n) is 3.30. The average Bonchev–Trinajstić information content (AvgIpc) is 2.39. The second-order valence-corrected chi connectivity index (χ2v) is 7.70. The highest BCUT2D eigenvalue weighted by molar-refractivity contribution is 7.91. The van der Waals surface area contributed by atoms with Gasteiger partial charge in [-0.2, -0.15) is 0 Å². The molecule has 2 aliphatic heterocycles. The molecule has 2 atom stereocenters. The molecule has 0 aliphatic carbocycles. The molecular weight excluding hydrogens is 242 g/mol. The molecule has 0 aromatic heterocycles. The lowest BCUT2D eigenvalue weighted by Crippen LogP contribution is -2.54. The Labute approximate surface area is 101 Å². The van der Waals surface area contributed by atoms with E-state index in [1.807, 2.05) is 13.8 Å². The Hall–Kier alpha value is -0.910. The lowest BCUT2D eigenvalue weighted by Gasteiger charge is -2.40. The van der Waals surface area contributed by atoms with Crippen LogP contribution in [0.15, 0.2) is 0 Å². The van der Waals surface area contributed by atoms with Crippen LogP contribution in [-0.4, -0.2) is 31.7 Å². The number of imide groups is 1. The van der Waals surface area contributed by atoms with E-state index < -0.39 is 15.3 Å². The molecule has 2 fully saturated rings. The van der Waals surface area contributed by atoms with Crippen LogP contribution < -0.4 is 5.32 Å². The van der Waals surface area contributed by atoms with Gasteiger partial charge in [-0.1, -0.05) is 13.8 Å². The summed E-state index contributed by atoms with van der Waals surface area (Å²) >= 11 is 0. The summed E-state index contributed by atoms with van der Waals surface area (Å²) in [5.74, 6) is -0.926. The third kappa shape index (κ3) is 2.10. The maximum Gasteiger partial charge on any atom is 0.230 e. The highest BCUT2D eigenvalue weighted by Crippen LogP contribution is 2.47. The molecule has 96 valence electrons. The van der Waals surface area contributed by atoms with E-state index in [1.165, 1.54) is 0 Å². The summed E-state index contributed by atoms with van der Waals surface area (Å²) in [4.78, 5) is 23.4. The molecular formula is C11H17NO4S. The fraction of sp³-hybridized carbons (Fsp3) is 0.818. The summed E-state index contributed by atoms with van der Waals surface area (Å²) in [6, 6.07) is 0. The SMILES string of the molecule is CC(C)C1C(=O)NC(=O)CC12CCS(=O)(=O)C2. The number of hydrogen-bond donors (Lipinski definition) is 1. The third-order valence-electron chi connectivity index (χ3n) is 3.80. The van der Waals surface area contributed by atoms with Gasteiger partial charge in [0.05, 0.1) is 11.5 Å². The zero-order chi connectivity index (χ0) is 12.8. The van der Waals surface area contributed by atoms with Crippen LogP contribution in [0.25, 0.3) is 0 Å². The summed E-state index contributed by atoms with van der Waals surface area (Å²) in [5, 5.41) is 2.32. The van der Waals surface area contributed by atoms with Crippen molar-refractivity contribution in [1.82, 2.24) is 5.32 Å². The van der Waals surface area contributed by atoms with Crippen molar-refractivity contribution >= 4 is 21.7 Å². The minimum absolute atomic E-state index is 0.0258. The maximum atomic E-state index is 11.9. The second-order valence-electron chi connectivity index (χ2n) is 5.52. The van der Waals surface area contributed by atoms with Gasteiger partial charge in [0.2, 0.25) is 11.8 Å². The van der Waals surface area contributed by atoms with Crippen LogP contribution in [0, 0.1) is 17.3 Å². The lowest BCUT2D eigenvalue weighted by atomic mass is 9.65. The zero-order valence-corrected chi connectivity index (χ0v) is 10.8. The van der Waals surface area contributed by atoms with Crippen LogP contribution in [0.5, 0.6) is 0 Å². The fourth-order valence-corrected chi connectivity index (χ4v) is 5.47. The van der Waals surface area contributed by atoms with E-state index in [4.69, 9.17) is 0 Å². The smallest absolute Gasteiger partial charge is 0.230 e. The van der Waals surface area contributed by atoms with E-state index in [2.05, 4.69) is 5.32 Å². The van der Waals surface area contributed by atoms with E-state index in [9.17, 15) is 18.0 Å². The first-order valence-corrected chi connectivity index (χ1v) is 7.62. The molecule has 2 unspecified atom stereocenters. The van der Waals surface area contributed by atoms with Crippen LogP contribution >= 0.6 is 0 Å². The molecule has 0 aromatic rings. The highest BCUT2D eigenvalue weighted by atomic mass is 32.2. The Balaban J connectivity index is 2.41. The van der Waals surface area contributed by atoms with Crippen LogP contribution in [0.3, 0.4) is 0 Å². The van der Waals surface area contributed by atoms with Gasteiger partial charge in [0, 0.05) is 17.8 Å². The van der Waals surface area contributed by atoms with E-state index >= 15 is 0 Å². The molecule has 2 aliphatic rings. The molecule has 6 heteroatoms. The summed E-state index contributed by atoms with van der Waals surface area (Å²) in [7, 11) is -3.10. The van der Waals surface area contributed by atoms with Crippen molar-refractivity contribution in [2.75, 3.05) is 11.5 Å². The topological polar surface area (TPSA) is 80.3 Å². The predicted molar refractivity (Wildman–Crippen MR) is 61.8 cm³/mol. The quantitative estimate of drug-likeness (QED) is 0.678.